The largest absolute Gasteiger partial charge is 0.490 e. The van der Waals surface area contributed by atoms with E-state index >= 15 is 0 Å². The molecule has 0 atom stereocenters. The Bertz CT molecular complexity index is 1360. The Morgan fingerprint density at radius 1 is 1.12 bits per heavy atom. The number of hydrazine groups is 1. The lowest BCUT2D eigenvalue weighted by atomic mass is 9.81. The lowest BCUT2D eigenvalue weighted by Crippen LogP contribution is -2.50. The van der Waals surface area contributed by atoms with Crippen molar-refractivity contribution in [2.75, 3.05) is 20.7 Å². The van der Waals surface area contributed by atoms with Crippen LogP contribution in [0.25, 0.3) is 10.1 Å². The van der Waals surface area contributed by atoms with E-state index in [-0.39, 0.29) is 16.8 Å². The van der Waals surface area contributed by atoms with Gasteiger partial charge in [-0.1, -0.05) is 44.7 Å². The van der Waals surface area contributed by atoms with E-state index < -0.39 is 11.7 Å². The molecule has 2 fully saturated rings. The van der Waals surface area contributed by atoms with E-state index in [1.54, 1.807) is 24.2 Å². The molecule has 2 aliphatic heterocycles. The quantitative estimate of drug-likeness (QED) is 0.281. The van der Waals surface area contributed by atoms with Crippen molar-refractivity contribution >= 4 is 33.1 Å². The maximum absolute atomic E-state index is 13.7. The van der Waals surface area contributed by atoms with Crippen LogP contribution in [0.5, 0.6) is 0 Å². The van der Waals surface area contributed by atoms with Crippen LogP contribution in [0.1, 0.15) is 81.1 Å². The molecule has 6 rings (SSSR count). The third kappa shape index (κ3) is 5.91. The summed E-state index contributed by atoms with van der Waals surface area (Å²) >= 11 is 1.29. The first-order valence-electron chi connectivity index (χ1n) is 14.6. The van der Waals surface area contributed by atoms with Crippen LogP contribution in [0, 0.1) is 5.41 Å². The minimum absolute atomic E-state index is 0.179. The number of hydrogen-bond donors (Lipinski definition) is 2. The van der Waals surface area contributed by atoms with Crippen LogP contribution in [-0.4, -0.2) is 43.4 Å². The lowest BCUT2D eigenvalue weighted by Gasteiger charge is -2.36. The van der Waals surface area contributed by atoms with Crippen molar-refractivity contribution in [2.24, 2.45) is 21.1 Å². The third-order valence-corrected chi connectivity index (χ3v) is 9.90. The fourth-order valence-electron chi connectivity index (χ4n) is 6.65. The molecule has 6 nitrogen and oxygen atoms in total. The van der Waals surface area contributed by atoms with E-state index in [2.05, 4.69) is 22.7 Å². The third-order valence-electron chi connectivity index (χ3n) is 8.80. The molecule has 10 heteroatoms. The van der Waals surface area contributed by atoms with Gasteiger partial charge < -0.3 is 10.5 Å². The average molecular weight is 588 g/mol. The highest BCUT2D eigenvalue weighted by Gasteiger charge is 2.41. The van der Waals surface area contributed by atoms with Crippen molar-refractivity contribution in [1.82, 2.24) is 10.4 Å². The Morgan fingerprint density at radius 3 is 2.54 bits per heavy atom. The molecule has 2 saturated carbocycles. The van der Waals surface area contributed by atoms with Crippen LogP contribution in [-0.2, 0) is 10.9 Å². The number of alkyl halides is 3. The number of benzene rings is 1. The highest BCUT2D eigenvalue weighted by Crippen LogP contribution is 2.47. The van der Waals surface area contributed by atoms with Crippen molar-refractivity contribution in [2.45, 2.75) is 82.8 Å². The average Bonchev–Trinajstić information content (AvgIpc) is 3.57. The van der Waals surface area contributed by atoms with Crippen LogP contribution >= 0.6 is 11.3 Å². The number of rotatable bonds is 2. The Morgan fingerprint density at radius 2 is 1.85 bits per heavy atom. The molecule has 2 aromatic rings. The van der Waals surface area contributed by atoms with E-state index in [9.17, 15) is 13.2 Å². The summed E-state index contributed by atoms with van der Waals surface area (Å²) < 4.78 is 48.4. The van der Waals surface area contributed by atoms with E-state index in [1.165, 1.54) is 69.4 Å². The summed E-state index contributed by atoms with van der Waals surface area (Å²) in [5.41, 5.74) is 9.24. The first-order valence-corrected chi connectivity index (χ1v) is 15.4. The molecule has 1 aromatic carbocycles. The summed E-state index contributed by atoms with van der Waals surface area (Å²) in [6.45, 7) is 5.05. The number of fused-ring (bicyclic) bond motifs is 1. The van der Waals surface area contributed by atoms with E-state index in [0.717, 1.165) is 48.9 Å². The number of hydrogen-bond acceptors (Lipinski definition) is 5. The molecule has 222 valence electrons. The first kappa shape index (κ1) is 29.6. The predicted molar refractivity (Wildman–Crippen MR) is 161 cm³/mol. The summed E-state index contributed by atoms with van der Waals surface area (Å²) in [6.07, 6.45) is 8.05. The standard InChI is InChI=1S/C30H35F3N4OS.CH5N/c1-19-26-21(13-16-29(18-38-26)14-6-7-15-29)27(35-20-9-4-3-5-10-20)36-37(19)28(34-2)25-17-22-23(30(31,32)33)11-8-12-24(22)39-25;1-2/h8,11-12,17,20H,1,3-7,9-10,13-16,18H2,2H3,(H,35,36);2H2,1H3. The van der Waals surface area contributed by atoms with Gasteiger partial charge in [0.25, 0.3) is 0 Å². The number of thiophene rings is 1. The van der Waals surface area contributed by atoms with Crippen LogP contribution in [0.15, 0.2) is 57.9 Å². The smallest absolute Gasteiger partial charge is 0.417 e. The fourth-order valence-corrected chi connectivity index (χ4v) is 7.77. The number of nitrogens with two attached hydrogens (primary N) is 1. The molecule has 4 aliphatic rings. The first-order chi connectivity index (χ1) is 19.8. The monoisotopic (exact) mass is 587 g/mol. The normalized spacial score (nSPS) is 22.8. The van der Waals surface area contributed by atoms with Crippen molar-refractivity contribution in [3.05, 3.63) is 58.3 Å². The second-order valence-corrected chi connectivity index (χ2v) is 12.4. The number of ether oxygens (including phenoxy) is 1. The summed E-state index contributed by atoms with van der Waals surface area (Å²) in [5.74, 6) is 2.03. The molecule has 3 N–H and O–H groups in total. The van der Waals surface area contributed by atoms with Crippen LogP contribution in [0.4, 0.5) is 13.2 Å². The molecule has 0 unspecified atom stereocenters. The number of amidine groups is 2. The van der Waals surface area contributed by atoms with Crippen molar-refractivity contribution in [3.8, 4) is 0 Å². The van der Waals surface area contributed by atoms with Gasteiger partial charge >= 0.3 is 6.18 Å². The lowest BCUT2D eigenvalue weighted by molar-refractivity contribution is -0.136. The molecule has 2 aliphatic carbocycles. The molecule has 1 spiro atoms. The molecule has 1 aromatic heterocycles. The van der Waals surface area contributed by atoms with Gasteiger partial charge in [0.1, 0.15) is 11.5 Å². The van der Waals surface area contributed by atoms with Crippen molar-refractivity contribution in [1.29, 1.82) is 0 Å². The Hall–Kier alpha value is -2.85. The highest BCUT2D eigenvalue weighted by molar-refractivity contribution is 7.20. The Labute approximate surface area is 244 Å². The van der Waals surface area contributed by atoms with E-state index in [4.69, 9.17) is 9.73 Å². The predicted octanol–water partition coefficient (Wildman–Crippen LogP) is 7.56. The van der Waals surface area contributed by atoms with Gasteiger partial charge in [-0.3, -0.25) is 15.4 Å². The second-order valence-electron chi connectivity index (χ2n) is 11.3. The van der Waals surface area contributed by atoms with Gasteiger partial charge in [-0.15, -0.1) is 11.3 Å². The van der Waals surface area contributed by atoms with Gasteiger partial charge in [-0.25, -0.2) is 5.01 Å². The summed E-state index contributed by atoms with van der Waals surface area (Å²) in [7, 11) is 3.16. The second kappa shape index (κ2) is 12.2. The van der Waals surface area contributed by atoms with Crippen molar-refractivity contribution < 1.29 is 17.9 Å². The number of nitrogens with one attached hydrogen (secondary N) is 1. The summed E-state index contributed by atoms with van der Waals surface area (Å²) in [5, 5.41) is 1.95. The number of aliphatic imine (C=N–C) groups is 2. The molecule has 41 heavy (non-hydrogen) atoms. The van der Waals surface area contributed by atoms with Crippen LogP contribution in [0.3, 0.4) is 0 Å². The zero-order valence-corrected chi connectivity index (χ0v) is 24.8. The number of halogens is 3. The zero-order valence-electron chi connectivity index (χ0n) is 23.9. The number of nitrogens with zero attached hydrogens (tertiary/aromatic N) is 3. The van der Waals surface area contributed by atoms with Gasteiger partial charge in [0.05, 0.1) is 23.1 Å². The molecule has 0 radical (unpaired) electrons. The van der Waals surface area contributed by atoms with Gasteiger partial charge in [0.15, 0.2) is 11.6 Å². The molecule has 0 bridgehead atoms. The molecular weight excluding hydrogens is 547 g/mol. The summed E-state index contributed by atoms with van der Waals surface area (Å²) in [4.78, 5) is 10.4. The minimum Gasteiger partial charge on any atom is -0.490 e. The topological polar surface area (TPSA) is 75.2 Å². The van der Waals surface area contributed by atoms with Gasteiger partial charge in [0.2, 0.25) is 0 Å². The molecule has 3 heterocycles. The molecule has 0 amide bonds. The Balaban J connectivity index is 0.00000165. The maximum atomic E-state index is 13.7. The van der Waals surface area contributed by atoms with Gasteiger partial charge in [-0.2, -0.15) is 13.2 Å². The van der Waals surface area contributed by atoms with Crippen LogP contribution in [0.2, 0.25) is 0 Å². The highest BCUT2D eigenvalue weighted by atomic mass is 32.1. The van der Waals surface area contributed by atoms with E-state index in [1.807, 2.05) is 0 Å². The Kier molecular flexibility index (Phi) is 8.80. The summed E-state index contributed by atoms with van der Waals surface area (Å²) in [6, 6.07) is 6.13. The van der Waals surface area contributed by atoms with Crippen molar-refractivity contribution in [3.63, 3.8) is 0 Å². The van der Waals surface area contributed by atoms with Crippen LogP contribution < -0.4 is 11.2 Å². The SMILES string of the molecule is C=C1C2=C(CCC3(CCCC3)CO2)C(=NC2CCCCC2)NN1C(=NC)c1cc2c(C(F)(F)F)cccc2s1.CN. The minimum atomic E-state index is -4.43. The molecule has 0 saturated heterocycles. The van der Waals surface area contributed by atoms with E-state index in [0.29, 0.717) is 27.7 Å². The fraction of sp³-hybridized carbons (Fsp3) is 0.548. The molecular formula is C31H40F3N5OS. The van der Waals surface area contributed by atoms with Gasteiger partial charge in [-0.05, 0) is 63.8 Å². The maximum Gasteiger partial charge on any atom is 0.417 e. The zero-order chi connectivity index (χ0) is 29.2. The van der Waals surface area contributed by atoms with Gasteiger partial charge in [0, 0.05) is 28.1 Å².